The maximum atomic E-state index is 11.1. The second-order valence-corrected chi connectivity index (χ2v) is 3.82. The number of nitrogens with two attached hydrogens (primary N) is 1. The Hall–Kier alpha value is -1.71. The molecule has 1 fully saturated rings. The molecule has 3 N–H and O–H groups in total. The Kier molecular flexibility index (Phi) is 2.26. The highest BCUT2D eigenvalue weighted by Gasteiger charge is 2.45. The van der Waals surface area contributed by atoms with Crippen molar-refractivity contribution in [3.63, 3.8) is 0 Å². The summed E-state index contributed by atoms with van der Waals surface area (Å²) in [5, 5.41) is 2.85. The summed E-state index contributed by atoms with van der Waals surface area (Å²) in [4.78, 5) is 11.1. The first-order valence-electron chi connectivity index (χ1n) is 4.88. The van der Waals surface area contributed by atoms with Gasteiger partial charge in [0.1, 0.15) is 0 Å². The van der Waals surface area contributed by atoms with Crippen molar-refractivity contribution < 1.29 is 9.53 Å². The zero-order valence-electron chi connectivity index (χ0n) is 8.62. The van der Waals surface area contributed by atoms with Crippen LogP contribution in [0.1, 0.15) is 18.4 Å². The van der Waals surface area contributed by atoms with E-state index in [0.29, 0.717) is 0 Å². The summed E-state index contributed by atoms with van der Waals surface area (Å²) in [5.74, 6) is 0. The molecule has 0 saturated heterocycles. The second kappa shape index (κ2) is 3.46. The fourth-order valence-corrected chi connectivity index (χ4v) is 1.66. The second-order valence-electron chi connectivity index (χ2n) is 3.82. The Morgan fingerprint density at radius 3 is 2.47 bits per heavy atom. The van der Waals surface area contributed by atoms with E-state index in [1.807, 2.05) is 24.3 Å². The van der Waals surface area contributed by atoms with E-state index < -0.39 is 0 Å². The molecular weight excluding hydrogens is 192 g/mol. The predicted molar refractivity (Wildman–Crippen MR) is 57.3 cm³/mol. The minimum absolute atomic E-state index is 0.221. The number of ether oxygens (including phenoxy) is 1. The van der Waals surface area contributed by atoms with E-state index in [9.17, 15) is 4.79 Å². The van der Waals surface area contributed by atoms with Gasteiger partial charge in [0.2, 0.25) is 0 Å². The largest absolute Gasteiger partial charge is 0.453 e. The van der Waals surface area contributed by atoms with Crippen LogP contribution in [0.4, 0.5) is 10.5 Å². The first kappa shape index (κ1) is 9.83. The van der Waals surface area contributed by atoms with Crippen LogP contribution >= 0.6 is 0 Å². The number of anilines is 1. The standard InChI is InChI=1S/C11H14N2O2/c1-15-10(14)13-11(6-7-11)8-2-4-9(12)5-3-8/h2-5H,6-7,12H2,1H3,(H,13,14). The van der Waals surface area contributed by atoms with E-state index in [-0.39, 0.29) is 11.6 Å². The van der Waals surface area contributed by atoms with Crippen molar-refractivity contribution in [1.82, 2.24) is 5.32 Å². The van der Waals surface area contributed by atoms with Gasteiger partial charge in [-0.3, -0.25) is 0 Å². The lowest BCUT2D eigenvalue weighted by Crippen LogP contribution is -2.34. The molecule has 0 aliphatic heterocycles. The van der Waals surface area contributed by atoms with Crippen LogP contribution in [0.5, 0.6) is 0 Å². The third-order valence-corrected chi connectivity index (χ3v) is 2.74. The van der Waals surface area contributed by atoms with E-state index in [1.54, 1.807) is 0 Å². The summed E-state index contributed by atoms with van der Waals surface area (Å²) in [6.45, 7) is 0. The van der Waals surface area contributed by atoms with Gasteiger partial charge in [0.05, 0.1) is 12.6 Å². The minimum Gasteiger partial charge on any atom is -0.453 e. The maximum Gasteiger partial charge on any atom is 0.407 e. The molecule has 1 amide bonds. The number of methoxy groups -OCH3 is 1. The lowest BCUT2D eigenvalue weighted by molar-refractivity contribution is 0.165. The Morgan fingerprint density at radius 2 is 2.00 bits per heavy atom. The summed E-state index contributed by atoms with van der Waals surface area (Å²) in [6.07, 6.45) is 1.52. The van der Waals surface area contributed by atoms with Crippen LogP contribution in [0.25, 0.3) is 0 Å². The summed E-state index contributed by atoms with van der Waals surface area (Å²) in [5.41, 5.74) is 7.20. The summed E-state index contributed by atoms with van der Waals surface area (Å²) in [6, 6.07) is 7.57. The van der Waals surface area contributed by atoms with Crippen molar-refractivity contribution in [2.75, 3.05) is 12.8 Å². The average molecular weight is 206 g/mol. The van der Waals surface area contributed by atoms with Gasteiger partial charge in [-0.2, -0.15) is 0 Å². The van der Waals surface area contributed by atoms with Gasteiger partial charge in [-0.1, -0.05) is 12.1 Å². The molecule has 1 aliphatic rings. The van der Waals surface area contributed by atoms with Crippen molar-refractivity contribution in [3.8, 4) is 0 Å². The van der Waals surface area contributed by atoms with Crippen LogP contribution in [0.15, 0.2) is 24.3 Å². The molecule has 4 nitrogen and oxygen atoms in total. The fraction of sp³-hybridized carbons (Fsp3) is 0.364. The number of amides is 1. The van der Waals surface area contributed by atoms with Crippen molar-refractivity contribution in [2.24, 2.45) is 0 Å². The first-order valence-corrected chi connectivity index (χ1v) is 4.88. The van der Waals surface area contributed by atoms with E-state index in [1.165, 1.54) is 7.11 Å². The molecule has 0 unspecified atom stereocenters. The molecule has 80 valence electrons. The van der Waals surface area contributed by atoms with Gasteiger partial charge in [-0.05, 0) is 30.5 Å². The number of hydrogen-bond acceptors (Lipinski definition) is 3. The number of nitrogens with one attached hydrogen (secondary N) is 1. The lowest BCUT2D eigenvalue weighted by Gasteiger charge is -2.16. The smallest absolute Gasteiger partial charge is 0.407 e. The van der Waals surface area contributed by atoms with Gasteiger partial charge in [0.25, 0.3) is 0 Å². The third kappa shape index (κ3) is 1.88. The van der Waals surface area contributed by atoms with Crippen LogP contribution in [-0.2, 0) is 10.3 Å². The highest BCUT2D eigenvalue weighted by Crippen LogP contribution is 2.45. The quantitative estimate of drug-likeness (QED) is 0.722. The van der Waals surface area contributed by atoms with E-state index in [2.05, 4.69) is 10.1 Å². The van der Waals surface area contributed by atoms with Gasteiger partial charge in [0, 0.05) is 5.69 Å². The molecule has 1 saturated carbocycles. The molecular formula is C11H14N2O2. The molecule has 0 atom stereocenters. The molecule has 2 rings (SSSR count). The zero-order valence-corrected chi connectivity index (χ0v) is 8.62. The van der Waals surface area contributed by atoms with E-state index in [0.717, 1.165) is 24.1 Å². The molecule has 15 heavy (non-hydrogen) atoms. The number of benzene rings is 1. The van der Waals surface area contributed by atoms with Crippen molar-refractivity contribution in [3.05, 3.63) is 29.8 Å². The molecule has 0 bridgehead atoms. The van der Waals surface area contributed by atoms with Crippen molar-refractivity contribution >= 4 is 11.8 Å². The molecule has 0 spiro atoms. The summed E-state index contributed by atoms with van der Waals surface area (Å²) in [7, 11) is 1.37. The number of nitrogen functional groups attached to an aromatic ring is 1. The lowest BCUT2D eigenvalue weighted by atomic mass is 10.0. The van der Waals surface area contributed by atoms with E-state index >= 15 is 0 Å². The normalized spacial score (nSPS) is 16.9. The molecule has 1 aromatic rings. The number of rotatable bonds is 2. The maximum absolute atomic E-state index is 11.1. The monoisotopic (exact) mass is 206 g/mol. The van der Waals surface area contributed by atoms with Gasteiger partial charge in [-0.15, -0.1) is 0 Å². The van der Waals surface area contributed by atoms with Crippen LogP contribution in [0, 0.1) is 0 Å². The Labute approximate surface area is 88.4 Å². The molecule has 4 heteroatoms. The Bertz CT molecular complexity index is 369. The summed E-state index contributed by atoms with van der Waals surface area (Å²) < 4.78 is 4.60. The Morgan fingerprint density at radius 1 is 1.40 bits per heavy atom. The average Bonchev–Trinajstić information content (AvgIpc) is 3.00. The van der Waals surface area contributed by atoms with Crippen LogP contribution in [-0.4, -0.2) is 13.2 Å². The molecule has 1 aromatic carbocycles. The molecule has 1 aliphatic carbocycles. The predicted octanol–water partition coefficient (Wildman–Crippen LogP) is 1.61. The van der Waals surface area contributed by atoms with Gasteiger partial charge in [0.15, 0.2) is 0 Å². The number of carbonyl (C=O) groups is 1. The van der Waals surface area contributed by atoms with E-state index in [4.69, 9.17) is 5.73 Å². The highest BCUT2D eigenvalue weighted by atomic mass is 16.5. The van der Waals surface area contributed by atoms with Crippen molar-refractivity contribution in [2.45, 2.75) is 18.4 Å². The number of alkyl carbamates (subject to hydrolysis) is 1. The fourth-order valence-electron chi connectivity index (χ4n) is 1.66. The third-order valence-electron chi connectivity index (χ3n) is 2.74. The van der Waals surface area contributed by atoms with Crippen molar-refractivity contribution in [1.29, 1.82) is 0 Å². The molecule has 0 aromatic heterocycles. The van der Waals surface area contributed by atoms with Gasteiger partial charge in [-0.25, -0.2) is 4.79 Å². The van der Waals surface area contributed by atoms with Crippen LogP contribution in [0.3, 0.4) is 0 Å². The number of hydrogen-bond donors (Lipinski definition) is 2. The summed E-state index contributed by atoms with van der Waals surface area (Å²) >= 11 is 0. The SMILES string of the molecule is COC(=O)NC1(c2ccc(N)cc2)CC1. The highest BCUT2D eigenvalue weighted by molar-refractivity contribution is 5.69. The number of carbonyl (C=O) groups excluding carboxylic acids is 1. The van der Waals surface area contributed by atoms with Gasteiger partial charge >= 0.3 is 6.09 Å². The minimum atomic E-state index is -0.385. The van der Waals surface area contributed by atoms with Gasteiger partial charge < -0.3 is 15.8 Å². The Balaban J connectivity index is 2.16. The zero-order chi connectivity index (χ0) is 10.9. The van der Waals surface area contributed by atoms with Crippen LogP contribution in [0.2, 0.25) is 0 Å². The van der Waals surface area contributed by atoms with Crippen LogP contribution < -0.4 is 11.1 Å². The first-order chi connectivity index (χ1) is 7.16. The topological polar surface area (TPSA) is 64.3 Å². The molecule has 0 radical (unpaired) electrons. The molecule has 0 heterocycles.